The minimum Gasteiger partial charge on any atom is -0.341 e. The Hall–Kier alpha value is -1.47. The quantitative estimate of drug-likeness (QED) is 0.895. The van der Waals surface area contributed by atoms with E-state index in [0.29, 0.717) is 13.1 Å². The van der Waals surface area contributed by atoms with Crippen molar-refractivity contribution in [2.45, 2.75) is 37.6 Å². The van der Waals surface area contributed by atoms with E-state index in [-0.39, 0.29) is 16.7 Å². The molecule has 7 heteroatoms. The van der Waals surface area contributed by atoms with Crippen molar-refractivity contribution in [1.82, 2.24) is 9.62 Å². The molecule has 0 saturated carbocycles. The lowest BCUT2D eigenvalue weighted by Gasteiger charge is -2.26. The highest BCUT2D eigenvalue weighted by Crippen LogP contribution is 2.16. The largest absolute Gasteiger partial charge is 0.341 e. The first kappa shape index (κ1) is 16.9. The van der Waals surface area contributed by atoms with E-state index in [9.17, 15) is 17.6 Å². The third-order valence-corrected chi connectivity index (χ3v) is 5.21. The zero-order valence-corrected chi connectivity index (χ0v) is 13.6. The molecule has 1 atom stereocenters. The molecule has 22 heavy (non-hydrogen) atoms. The molecule has 1 aromatic carbocycles. The fourth-order valence-corrected chi connectivity index (χ4v) is 3.79. The summed E-state index contributed by atoms with van der Waals surface area (Å²) in [6.45, 7) is 4.93. The molecule has 2 rings (SSSR count). The van der Waals surface area contributed by atoms with Crippen LogP contribution in [-0.2, 0) is 14.8 Å². The highest BCUT2D eigenvalue weighted by Gasteiger charge is 2.32. The monoisotopic (exact) mass is 328 g/mol. The molecule has 1 N–H and O–H groups in total. The number of nitrogens with one attached hydrogen (secondary N) is 1. The van der Waals surface area contributed by atoms with Gasteiger partial charge in [-0.15, -0.1) is 0 Å². The summed E-state index contributed by atoms with van der Waals surface area (Å²) in [5.74, 6) is -0.881. The number of carbonyl (C=O) groups is 1. The zero-order chi connectivity index (χ0) is 16.3. The molecule has 1 aliphatic rings. The van der Waals surface area contributed by atoms with Crippen LogP contribution >= 0.6 is 0 Å². The topological polar surface area (TPSA) is 66.5 Å². The molecule has 0 aliphatic carbocycles. The van der Waals surface area contributed by atoms with Crippen LogP contribution in [0.2, 0.25) is 0 Å². The van der Waals surface area contributed by atoms with Gasteiger partial charge in [-0.1, -0.05) is 13.8 Å². The molecule has 122 valence electrons. The number of rotatable bonds is 5. The normalized spacial score (nSPS) is 17.0. The van der Waals surface area contributed by atoms with Gasteiger partial charge in [0.05, 0.1) is 4.90 Å². The van der Waals surface area contributed by atoms with Crippen molar-refractivity contribution in [3.8, 4) is 0 Å². The van der Waals surface area contributed by atoms with Crippen molar-refractivity contribution in [3.05, 3.63) is 30.1 Å². The van der Waals surface area contributed by atoms with Gasteiger partial charge in [0.15, 0.2) is 0 Å². The summed E-state index contributed by atoms with van der Waals surface area (Å²) in [5, 5.41) is 0. The average molecular weight is 328 g/mol. The number of amides is 1. The maximum atomic E-state index is 12.9. The first-order valence-corrected chi connectivity index (χ1v) is 8.86. The van der Waals surface area contributed by atoms with Crippen LogP contribution in [0.3, 0.4) is 0 Å². The second-order valence-electron chi connectivity index (χ2n) is 5.83. The highest BCUT2D eigenvalue weighted by molar-refractivity contribution is 7.89. The summed E-state index contributed by atoms with van der Waals surface area (Å²) in [4.78, 5) is 14.1. The smallest absolute Gasteiger partial charge is 0.241 e. The van der Waals surface area contributed by atoms with Crippen LogP contribution in [0, 0.1) is 11.7 Å². The van der Waals surface area contributed by atoms with Crippen LogP contribution in [-0.4, -0.2) is 38.4 Å². The lowest BCUT2D eigenvalue weighted by atomic mass is 10.0. The molecular weight excluding hydrogens is 307 g/mol. The van der Waals surface area contributed by atoms with E-state index < -0.39 is 21.9 Å². The Morgan fingerprint density at radius 2 is 1.73 bits per heavy atom. The van der Waals surface area contributed by atoms with E-state index in [1.54, 1.807) is 18.7 Å². The molecule has 0 spiro atoms. The van der Waals surface area contributed by atoms with Gasteiger partial charge in [0.2, 0.25) is 15.9 Å². The number of nitrogens with zero attached hydrogens (tertiary/aromatic N) is 1. The molecule has 1 saturated heterocycles. The van der Waals surface area contributed by atoms with Gasteiger partial charge >= 0.3 is 0 Å². The van der Waals surface area contributed by atoms with Crippen LogP contribution < -0.4 is 4.72 Å². The Balaban J connectivity index is 2.19. The molecule has 1 amide bonds. The van der Waals surface area contributed by atoms with Gasteiger partial charge in [-0.25, -0.2) is 12.8 Å². The zero-order valence-electron chi connectivity index (χ0n) is 12.8. The van der Waals surface area contributed by atoms with E-state index in [1.807, 2.05) is 0 Å². The summed E-state index contributed by atoms with van der Waals surface area (Å²) in [6, 6.07) is 3.74. The molecular formula is C15H21FN2O3S. The third-order valence-electron chi connectivity index (χ3n) is 3.76. The van der Waals surface area contributed by atoms with Crippen LogP contribution in [0.1, 0.15) is 26.7 Å². The molecule has 0 radical (unpaired) electrons. The summed E-state index contributed by atoms with van der Waals surface area (Å²) < 4.78 is 40.1. The number of halogens is 1. The average Bonchev–Trinajstić information content (AvgIpc) is 2.98. The maximum Gasteiger partial charge on any atom is 0.241 e. The van der Waals surface area contributed by atoms with Crippen LogP contribution in [0.25, 0.3) is 0 Å². The van der Waals surface area contributed by atoms with Crippen LogP contribution in [0.5, 0.6) is 0 Å². The van der Waals surface area contributed by atoms with E-state index >= 15 is 0 Å². The van der Waals surface area contributed by atoms with E-state index in [1.165, 1.54) is 12.1 Å². The lowest BCUT2D eigenvalue weighted by Crippen LogP contribution is -2.50. The van der Waals surface area contributed by atoms with Gasteiger partial charge in [-0.2, -0.15) is 4.72 Å². The second kappa shape index (κ2) is 6.75. The van der Waals surface area contributed by atoms with Crippen molar-refractivity contribution in [2.24, 2.45) is 5.92 Å². The lowest BCUT2D eigenvalue weighted by molar-refractivity contribution is -0.132. The van der Waals surface area contributed by atoms with E-state index in [0.717, 1.165) is 25.0 Å². The SMILES string of the molecule is CC(C)[C@H](NS(=O)(=O)c1ccc(F)cc1)C(=O)N1CCCC1. The Bertz CT molecular complexity index is 623. The fourth-order valence-electron chi connectivity index (χ4n) is 2.45. The standard InChI is InChI=1S/C15H21FN2O3S/c1-11(2)14(15(19)18-9-3-4-10-18)17-22(20,21)13-7-5-12(16)6-8-13/h5-8,11,14,17H,3-4,9-10H2,1-2H3/t14-/m0/s1. The van der Waals surface area contributed by atoms with Gasteiger partial charge < -0.3 is 4.90 Å². The summed E-state index contributed by atoms with van der Waals surface area (Å²) in [5.41, 5.74) is 0. The molecule has 1 aromatic rings. The number of likely N-dealkylation sites (tertiary alicyclic amines) is 1. The van der Waals surface area contributed by atoms with Crippen LogP contribution in [0.15, 0.2) is 29.2 Å². The van der Waals surface area contributed by atoms with E-state index in [4.69, 9.17) is 0 Å². The predicted octanol–water partition coefficient (Wildman–Crippen LogP) is 1.75. The number of sulfonamides is 1. The Morgan fingerprint density at radius 1 is 1.18 bits per heavy atom. The predicted molar refractivity (Wildman–Crippen MR) is 81.2 cm³/mol. The number of hydrogen-bond acceptors (Lipinski definition) is 3. The molecule has 0 unspecified atom stereocenters. The number of hydrogen-bond donors (Lipinski definition) is 1. The van der Waals surface area contributed by atoms with Crippen molar-refractivity contribution in [1.29, 1.82) is 0 Å². The summed E-state index contributed by atoms with van der Waals surface area (Å²) >= 11 is 0. The van der Waals surface area contributed by atoms with Gasteiger partial charge in [-0.05, 0) is 43.0 Å². The molecule has 0 bridgehead atoms. The van der Waals surface area contributed by atoms with E-state index in [2.05, 4.69) is 4.72 Å². The minimum atomic E-state index is -3.86. The first-order valence-electron chi connectivity index (χ1n) is 7.38. The Labute approximate surface area is 130 Å². The van der Waals surface area contributed by atoms with Gasteiger partial charge in [0.1, 0.15) is 11.9 Å². The second-order valence-corrected chi connectivity index (χ2v) is 7.54. The third kappa shape index (κ3) is 3.84. The molecule has 1 aliphatic heterocycles. The number of benzene rings is 1. The van der Waals surface area contributed by atoms with Gasteiger partial charge in [0, 0.05) is 13.1 Å². The Morgan fingerprint density at radius 3 is 2.23 bits per heavy atom. The van der Waals surface area contributed by atoms with Crippen molar-refractivity contribution >= 4 is 15.9 Å². The summed E-state index contributed by atoms with van der Waals surface area (Å²) in [6.07, 6.45) is 1.89. The van der Waals surface area contributed by atoms with Gasteiger partial charge in [-0.3, -0.25) is 4.79 Å². The molecule has 1 heterocycles. The Kier molecular flexibility index (Phi) is 5.18. The molecule has 5 nitrogen and oxygen atoms in total. The molecule has 1 fully saturated rings. The maximum absolute atomic E-state index is 12.9. The summed E-state index contributed by atoms with van der Waals surface area (Å²) in [7, 11) is -3.86. The van der Waals surface area contributed by atoms with Gasteiger partial charge in [0.25, 0.3) is 0 Å². The van der Waals surface area contributed by atoms with Crippen LogP contribution in [0.4, 0.5) is 4.39 Å². The van der Waals surface area contributed by atoms with Crippen molar-refractivity contribution in [2.75, 3.05) is 13.1 Å². The fraction of sp³-hybridized carbons (Fsp3) is 0.533. The number of carbonyl (C=O) groups excluding carboxylic acids is 1. The first-order chi connectivity index (χ1) is 10.3. The van der Waals surface area contributed by atoms with Crippen molar-refractivity contribution in [3.63, 3.8) is 0 Å². The molecule has 0 aromatic heterocycles. The van der Waals surface area contributed by atoms with Crippen molar-refractivity contribution < 1.29 is 17.6 Å². The minimum absolute atomic E-state index is 0.0474. The highest BCUT2D eigenvalue weighted by atomic mass is 32.2.